The number of amidine groups is 1. The fraction of sp³-hybridized carbons (Fsp3) is 0.0476. The molecule has 0 fully saturated rings. The number of carbonyl (C=O) groups excluding carboxylic acids is 1. The molecule has 0 aliphatic heterocycles. The highest BCUT2D eigenvalue weighted by atomic mass is 35.5. The van der Waals surface area contributed by atoms with Crippen molar-refractivity contribution in [3.8, 4) is 0 Å². The van der Waals surface area contributed by atoms with E-state index in [1.165, 1.54) is 11.8 Å². The molecule has 4 rings (SSSR count). The third kappa shape index (κ3) is 5.94. The number of thiazole rings is 1. The van der Waals surface area contributed by atoms with Crippen LogP contribution in [0.3, 0.4) is 0 Å². The second kappa shape index (κ2) is 10.3. The summed E-state index contributed by atoms with van der Waals surface area (Å²) in [6, 6.07) is 18.3. The summed E-state index contributed by atoms with van der Waals surface area (Å²) in [4.78, 5) is 20.9. The van der Waals surface area contributed by atoms with Gasteiger partial charge in [-0.1, -0.05) is 35.5 Å². The molecular formula is C21H15ClN6OS2. The molecule has 1 amide bonds. The van der Waals surface area contributed by atoms with Crippen molar-refractivity contribution in [2.45, 2.75) is 4.34 Å². The van der Waals surface area contributed by atoms with Gasteiger partial charge in [0.05, 0.1) is 21.7 Å². The molecule has 10 heteroatoms. The number of nitrogens with zero attached hydrogens (tertiary/aromatic N) is 5. The van der Waals surface area contributed by atoms with Gasteiger partial charge in [0.15, 0.2) is 4.34 Å². The van der Waals surface area contributed by atoms with Gasteiger partial charge in [0.2, 0.25) is 5.84 Å². The number of azo groups is 1. The number of halogens is 1. The zero-order valence-corrected chi connectivity index (χ0v) is 18.4. The van der Waals surface area contributed by atoms with E-state index in [-0.39, 0.29) is 17.5 Å². The van der Waals surface area contributed by atoms with Crippen LogP contribution in [0.4, 0.5) is 5.69 Å². The number of thioether (sulfide) groups is 1. The van der Waals surface area contributed by atoms with Gasteiger partial charge < -0.3 is 0 Å². The first kappa shape index (κ1) is 21.1. The Labute approximate surface area is 191 Å². The molecule has 0 spiro atoms. The van der Waals surface area contributed by atoms with Gasteiger partial charge in [-0.25, -0.2) is 10.4 Å². The van der Waals surface area contributed by atoms with E-state index in [0.717, 1.165) is 14.6 Å². The van der Waals surface area contributed by atoms with E-state index in [1.54, 1.807) is 60.1 Å². The second-order valence-electron chi connectivity index (χ2n) is 6.12. The molecule has 2 aromatic carbocycles. The van der Waals surface area contributed by atoms with E-state index >= 15 is 0 Å². The highest BCUT2D eigenvalue weighted by molar-refractivity contribution is 8.01. The van der Waals surface area contributed by atoms with Crippen LogP contribution in [0.15, 0.2) is 92.7 Å². The number of fused-ring (bicyclic) bond motifs is 1. The van der Waals surface area contributed by atoms with E-state index in [2.05, 4.69) is 30.7 Å². The molecule has 4 aromatic rings. The molecule has 2 aromatic heterocycles. The third-order valence-corrected chi connectivity index (χ3v) is 6.33. The molecule has 0 aliphatic carbocycles. The van der Waals surface area contributed by atoms with Gasteiger partial charge in [-0.3, -0.25) is 9.78 Å². The number of benzene rings is 2. The fourth-order valence-corrected chi connectivity index (χ4v) is 4.43. The molecule has 0 unspecified atom stereocenters. The number of nitrogens with one attached hydrogen (secondary N) is 1. The van der Waals surface area contributed by atoms with Crippen LogP contribution < -0.4 is 5.43 Å². The summed E-state index contributed by atoms with van der Waals surface area (Å²) < 4.78 is 1.92. The summed E-state index contributed by atoms with van der Waals surface area (Å²) in [5, 5.41) is 13.1. The van der Waals surface area contributed by atoms with Crippen LogP contribution in [-0.4, -0.2) is 27.5 Å². The van der Waals surface area contributed by atoms with Gasteiger partial charge in [-0.2, -0.15) is 5.10 Å². The third-order valence-electron chi connectivity index (χ3n) is 3.89. The maximum Gasteiger partial charge on any atom is 0.250 e. The lowest BCUT2D eigenvalue weighted by atomic mass is 10.3. The molecular weight excluding hydrogens is 452 g/mol. The normalized spacial score (nSPS) is 11.8. The summed E-state index contributed by atoms with van der Waals surface area (Å²) >= 11 is 8.81. The van der Waals surface area contributed by atoms with Gasteiger partial charge in [-0.15, -0.1) is 21.6 Å². The summed E-state index contributed by atoms with van der Waals surface area (Å²) in [7, 11) is 0. The monoisotopic (exact) mass is 466 g/mol. The van der Waals surface area contributed by atoms with Gasteiger partial charge in [-0.05, 0) is 48.5 Å². The van der Waals surface area contributed by atoms with Crippen molar-refractivity contribution in [1.82, 2.24) is 15.4 Å². The first-order valence-corrected chi connectivity index (χ1v) is 11.3. The molecule has 0 bridgehead atoms. The second-order valence-corrected chi connectivity index (χ2v) is 8.81. The molecule has 154 valence electrons. The van der Waals surface area contributed by atoms with Crippen LogP contribution in [-0.2, 0) is 4.79 Å². The predicted molar refractivity (Wildman–Crippen MR) is 125 cm³/mol. The first-order valence-electron chi connectivity index (χ1n) is 9.10. The van der Waals surface area contributed by atoms with Crippen molar-refractivity contribution in [3.05, 3.63) is 83.6 Å². The Morgan fingerprint density at radius 1 is 1.10 bits per heavy atom. The Bertz CT molecular complexity index is 1210. The van der Waals surface area contributed by atoms with Crippen molar-refractivity contribution in [1.29, 1.82) is 0 Å². The number of hydrogen-bond donors (Lipinski definition) is 1. The SMILES string of the molecule is O=C(CSc1nc2ccccc2s1)N/N=C(\N=Nc1ccc(Cl)cc1)c1cccnc1. The smallest absolute Gasteiger partial charge is 0.250 e. The number of hydrazone groups is 1. The molecule has 1 N–H and O–H groups in total. The van der Waals surface area contributed by atoms with Crippen LogP contribution in [0.5, 0.6) is 0 Å². The molecule has 0 atom stereocenters. The minimum atomic E-state index is -0.271. The van der Waals surface area contributed by atoms with E-state index in [0.29, 0.717) is 16.3 Å². The van der Waals surface area contributed by atoms with Crippen LogP contribution in [0.25, 0.3) is 10.2 Å². The molecule has 0 aliphatic rings. The van der Waals surface area contributed by atoms with Crippen LogP contribution >= 0.6 is 34.7 Å². The average molecular weight is 467 g/mol. The Hall–Kier alpha value is -3.14. The highest BCUT2D eigenvalue weighted by Gasteiger charge is 2.09. The summed E-state index contributed by atoms with van der Waals surface area (Å²) in [6.45, 7) is 0. The van der Waals surface area contributed by atoms with Gasteiger partial charge in [0, 0.05) is 23.0 Å². The number of para-hydroxylation sites is 1. The van der Waals surface area contributed by atoms with Crippen LogP contribution in [0, 0.1) is 0 Å². The van der Waals surface area contributed by atoms with E-state index < -0.39 is 0 Å². The molecule has 0 radical (unpaired) electrons. The Morgan fingerprint density at radius 2 is 1.94 bits per heavy atom. The van der Waals surface area contributed by atoms with Crippen molar-refractivity contribution in [2.24, 2.45) is 15.3 Å². The van der Waals surface area contributed by atoms with Gasteiger partial charge in [0.25, 0.3) is 5.91 Å². The van der Waals surface area contributed by atoms with Crippen LogP contribution in [0.1, 0.15) is 5.56 Å². The van der Waals surface area contributed by atoms with Crippen molar-refractivity contribution < 1.29 is 4.79 Å². The molecule has 7 nitrogen and oxygen atoms in total. The number of hydrogen-bond acceptors (Lipinski definition) is 7. The number of amides is 1. The zero-order chi connectivity index (χ0) is 21.5. The lowest BCUT2D eigenvalue weighted by molar-refractivity contribution is -0.118. The lowest BCUT2D eigenvalue weighted by Gasteiger charge is -2.02. The molecule has 0 saturated carbocycles. The highest BCUT2D eigenvalue weighted by Crippen LogP contribution is 2.29. The largest absolute Gasteiger partial charge is 0.272 e. The van der Waals surface area contributed by atoms with Crippen molar-refractivity contribution in [3.63, 3.8) is 0 Å². The fourth-order valence-electron chi connectivity index (χ4n) is 2.44. The van der Waals surface area contributed by atoms with Crippen LogP contribution in [0.2, 0.25) is 5.02 Å². The number of pyridine rings is 1. The quantitative estimate of drug-likeness (QED) is 0.130. The van der Waals surface area contributed by atoms with Gasteiger partial charge >= 0.3 is 0 Å². The van der Waals surface area contributed by atoms with Crippen molar-refractivity contribution >= 4 is 62.3 Å². The Morgan fingerprint density at radius 3 is 2.71 bits per heavy atom. The molecule has 31 heavy (non-hydrogen) atoms. The predicted octanol–water partition coefficient (Wildman–Crippen LogP) is 5.70. The lowest BCUT2D eigenvalue weighted by Crippen LogP contribution is -2.21. The van der Waals surface area contributed by atoms with E-state index in [4.69, 9.17) is 11.6 Å². The first-order chi connectivity index (χ1) is 15.2. The topological polar surface area (TPSA) is 92.0 Å². The Balaban J connectivity index is 1.43. The summed E-state index contributed by atoms with van der Waals surface area (Å²) in [6.07, 6.45) is 3.24. The number of rotatable bonds is 6. The minimum Gasteiger partial charge on any atom is -0.272 e. The zero-order valence-electron chi connectivity index (χ0n) is 16.0. The number of aromatic nitrogens is 2. The standard InChI is InChI=1S/C21H15ClN6OS2/c22-15-7-9-16(10-8-15)25-27-20(14-4-3-11-23-12-14)28-26-19(29)13-30-21-24-17-5-1-2-6-18(17)31-21/h1-12H,13H2,(H,26,29)/b27-25?,28-20-. The van der Waals surface area contributed by atoms with E-state index in [1.807, 2.05) is 24.3 Å². The average Bonchev–Trinajstić information content (AvgIpc) is 3.22. The summed E-state index contributed by atoms with van der Waals surface area (Å²) in [5.41, 5.74) is 4.69. The van der Waals surface area contributed by atoms with Crippen molar-refractivity contribution in [2.75, 3.05) is 5.75 Å². The van der Waals surface area contributed by atoms with E-state index in [9.17, 15) is 4.79 Å². The number of carbonyl (C=O) groups is 1. The maximum absolute atomic E-state index is 12.3. The summed E-state index contributed by atoms with van der Waals surface area (Å²) in [5.74, 6) is 0.145. The minimum absolute atomic E-state index is 0.179. The molecule has 2 heterocycles. The Kier molecular flexibility index (Phi) is 6.98. The maximum atomic E-state index is 12.3. The van der Waals surface area contributed by atoms with Gasteiger partial charge in [0.1, 0.15) is 0 Å². The molecule has 0 saturated heterocycles.